The molecule has 2 heterocycles. The highest BCUT2D eigenvalue weighted by Gasteiger charge is 2.14. The van der Waals surface area contributed by atoms with Crippen molar-refractivity contribution in [3.8, 4) is 23.1 Å². The number of fused-ring (bicyclic) bond motifs is 1. The van der Waals surface area contributed by atoms with Crippen LogP contribution in [0.1, 0.15) is 30.4 Å². The van der Waals surface area contributed by atoms with Crippen LogP contribution >= 0.6 is 0 Å². The zero-order chi connectivity index (χ0) is 13.9. The molecule has 0 fully saturated rings. The van der Waals surface area contributed by atoms with Crippen LogP contribution < -0.4 is 4.74 Å². The van der Waals surface area contributed by atoms with Gasteiger partial charge in [0.2, 0.25) is 5.82 Å². The highest BCUT2D eigenvalue weighted by molar-refractivity contribution is 5.63. The molecule has 1 aliphatic heterocycles. The van der Waals surface area contributed by atoms with Gasteiger partial charge in [0.1, 0.15) is 11.8 Å². The van der Waals surface area contributed by atoms with Crippen LogP contribution in [0.5, 0.6) is 5.75 Å². The molecule has 3 rings (SSSR count). The Morgan fingerprint density at radius 2 is 2.20 bits per heavy atom. The van der Waals surface area contributed by atoms with Crippen molar-refractivity contribution in [3.63, 3.8) is 0 Å². The molecule has 0 saturated heterocycles. The molecule has 1 aliphatic rings. The number of hydrogen-bond donors (Lipinski definition) is 0. The SMILES string of the molecule is CCCc1cc(-c2ccc3c(c2)CCO3)nc(C#N)n1. The van der Waals surface area contributed by atoms with E-state index in [1.165, 1.54) is 5.56 Å². The Morgan fingerprint density at radius 3 is 3.00 bits per heavy atom. The molecule has 20 heavy (non-hydrogen) atoms. The van der Waals surface area contributed by atoms with Gasteiger partial charge in [0.25, 0.3) is 0 Å². The number of ether oxygens (including phenoxy) is 1. The summed E-state index contributed by atoms with van der Waals surface area (Å²) in [5.74, 6) is 1.19. The first-order valence-corrected chi connectivity index (χ1v) is 6.84. The van der Waals surface area contributed by atoms with Crippen molar-refractivity contribution >= 4 is 0 Å². The van der Waals surface area contributed by atoms with E-state index in [2.05, 4.69) is 23.0 Å². The lowest BCUT2D eigenvalue weighted by atomic mass is 10.0. The van der Waals surface area contributed by atoms with Crippen LogP contribution in [0.3, 0.4) is 0 Å². The van der Waals surface area contributed by atoms with Gasteiger partial charge in [-0.25, -0.2) is 9.97 Å². The Morgan fingerprint density at radius 1 is 1.30 bits per heavy atom. The fourth-order valence-electron chi connectivity index (χ4n) is 2.43. The Hall–Kier alpha value is -2.41. The van der Waals surface area contributed by atoms with Crippen molar-refractivity contribution in [2.75, 3.05) is 6.61 Å². The second-order valence-electron chi connectivity index (χ2n) is 4.85. The third kappa shape index (κ3) is 2.35. The second kappa shape index (κ2) is 5.30. The molecule has 0 radical (unpaired) electrons. The van der Waals surface area contributed by atoms with Crippen molar-refractivity contribution in [2.45, 2.75) is 26.2 Å². The first-order valence-electron chi connectivity index (χ1n) is 6.84. The predicted molar refractivity (Wildman–Crippen MR) is 75.4 cm³/mol. The van der Waals surface area contributed by atoms with Crippen molar-refractivity contribution < 1.29 is 4.74 Å². The first kappa shape index (κ1) is 12.6. The average molecular weight is 265 g/mol. The molecule has 2 aromatic rings. The lowest BCUT2D eigenvalue weighted by molar-refractivity contribution is 0.357. The van der Waals surface area contributed by atoms with E-state index in [-0.39, 0.29) is 5.82 Å². The van der Waals surface area contributed by atoms with Gasteiger partial charge in [-0.2, -0.15) is 5.26 Å². The average Bonchev–Trinajstić information content (AvgIpc) is 2.94. The van der Waals surface area contributed by atoms with Crippen molar-refractivity contribution in [1.82, 2.24) is 9.97 Å². The van der Waals surface area contributed by atoms with Gasteiger partial charge >= 0.3 is 0 Å². The summed E-state index contributed by atoms with van der Waals surface area (Å²) in [4.78, 5) is 8.56. The Labute approximate surface area is 118 Å². The van der Waals surface area contributed by atoms with Crippen LogP contribution in [-0.4, -0.2) is 16.6 Å². The molecular formula is C16H15N3O. The molecule has 0 unspecified atom stereocenters. The fourth-order valence-corrected chi connectivity index (χ4v) is 2.43. The van der Waals surface area contributed by atoms with Gasteiger partial charge in [0.15, 0.2) is 0 Å². The van der Waals surface area contributed by atoms with E-state index in [4.69, 9.17) is 10.00 Å². The molecule has 0 amide bonds. The van der Waals surface area contributed by atoms with Crippen molar-refractivity contribution in [2.24, 2.45) is 0 Å². The Kier molecular flexibility index (Phi) is 3.34. The molecule has 1 aromatic carbocycles. The van der Waals surface area contributed by atoms with Crippen LogP contribution in [-0.2, 0) is 12.8 Å². The summed E-state index contributed by atoms with van der Waals surface area (Å²) in [6.45, 7) is 2.84. The molecule has 0 spiro atoms. The van der Waals surface area contributed by atoms with E-state index in [1.54, 1.807) is 0 Å². The maximum absolute atomic E-state index is 9.06. The minimum Gasteiger partial charge on any atom is -0.493 e. The number of rotatable bonds is 3. The van der Waals surface area contributed by atoms with Gasteiger partial charge in [-0.3, -0.25) is 0 Å². The summed E-state index contributed by atoms with van der Waals surface area (Å²) in [7, 11) is 0. The number of aromatic nitrogens is 2. The summed E-state index contributed by atoms with van der Waals surface area (Å²) in [5.41, 5.74) is 3.96. The standard InChI is InChI=1S/C16H15N3O/c1-2-3-13-9-14(19-16(10-17)18-13)11-4-5-15-12(8-11)6-7-20-15/h4-5,8-9H,2-3,6-7H2,1H3. The molecule has 100 valence electrons. The first-order chi connectivity index (χ1) is 9.80. The van der Waals surface area contributed by atoms with Gasteiger partial charge in [0, 0.05) is 17.7 Å². The summed E-state index contributed by atoms with van der Waals surface area (Å²) in [6, 6.07) is 10.1. The number of hydrogen-bond acceptors (Lipinski definition) is 4. The monoisotopic (exact) mass is 265 g/mol. The quantitative estimate of drug-likeness (QED) is 0.856. The van der Waals surface area contributed by atoms with Crippen LogP contribution in [0.2, 0.25) is 0 Å². The van der Waals surface area contributed by atoms with Crippen molar-refractivity contribution in [1.29, 1.82) is 5.26 Å². The molecule has 0 bridgehead atoms. The lowest BCUT2D eigenvalue weighted by Crippen LogP contribution is -1.98. The van der Waals surface area contributed by atoms with Crippen LogP contribution in [0, 0.1) is 11.3 Å². The van der Waals surface area contributed by atoms with E-state index in [9.17, 15) is 0 Å². The number of nitrogens with zero attached hydrogens (tertiary/aromatic N) is 3. The molecule has 4 heteroatoms. The number of benzene rings is 1. The highest BCUT2D eigenvalue weighted by Crippen LogP contribution is 2.30. The topological polar surface area (TPSA) is 58.8 Å². The molecule has 4 nitrogen and oxygen atoms in total. The summed E-state index contributed by atoms with van der Waals surface area (Å²) >= 11 is 0. The minimum atomic E-state index is 0.239. The van der Waals surface area contributed by atoms with E-state index in [0.717, 1.165) is 48.6 Å². The number of nitriles is 1. The molecule has 0 N–H and O–H groups in total. The van der Waals surface area contributed by atoms with Gasteiger partial charge in [-0.1, -0.05) is 13.3 Å². The van der Waals surface area contributed by atoms with Gasteiger partial charge in [-0.15, -0.1) is 0 Å². The smallest absolute Gasteiger partial charge is 0.232 e. The van der Waals surface area contributed by atoms with E-state index < -0.39 is 0 Å². The zero-order valence-corrected chi connectivity index (χ0v) is 11.4. The van der Waals surface area contributed by atoms with Crippen LogP contribution in [0.15, 0.2) is 24.3 Å². The maximum atomic E-state index is 9.06. The number of aryl methyl sites for hydroxylation is 1. The molecular weight excluding hydrogens is 250 g/mol. The normalized spacial score (nSPS) is 12.6. The molecule has 0 aliphatic carbocycles. The highest BCUT2D eigenvalue weighted by atomic mass is 16.5. The summed E-state index contributed by atoms with van der Waals surface area (Å²) in [5, 5.41) is 9.06. The lowest BCUT2D eigenvalue weighted by Gasteiger charge is -2.06. The summed E-state index contributed by atoms with van der Waals surface area (Å²) < 4.78 is 5.51. The van der Waals surface area contributed by atoms with Crippen molar-refractivity contribution in [3.05, 3.63) is 41.3 Å². The fraction of sp³-hybridized carbons (Fsp3) is 0.312. The largest absolute Gasteiger partial charge is 0.493 e. The third-order valence-electron chi connectivity index (χ3n) is 3.37. The van der Waals surface area contributed by atoms with E-state index >= 15 is 0 Å². The van der Waals surface area contributed by atoms with Crippen LogP contribution in [0.4, 0.5) is 0 Å². The molecule has 0 atom stereocenters. The maximum Gasteiger partial charge on any atom is 0.232 e. The second-order valence-corrected chi connectivity index (χ2v) is 4.85. The predicted octanol–water partition coefficient (Wildman–Crippen LogP) is 2.90. The van der Waals surface area contributed by atoms with Gasteiger partial charge in [0.05, 0.1) is 12.3 Å². The molecule has 0 saturated carbocycles. The third-order valence-corrected chi connectivity index (χ3v) is 3.37. The minimum absolute atomic E-state index is 0.239. The van der Waals surface area contributed by atoms with E-state index in [1.807, 2.05) is 24.3 Å². The van der Waals surface area contributed by atoms with Gasteiger partial charge < -0.3 is 4.74 Å². The summed E-state index contributed by atoms with van der Waals surface area (Å²) in [6.07, 6.45) is 2.79. The molecule has 1 aromatic heterocycles. The van der Waals surface area contributed by atoms with Crippen LogP contribution in [0.25, 0.3) is 11.3 Å². The Balaban J connectivity index is 2.05. The van der Waals surface area contributed by atoms with Gasteiger partial charge in [-0.05, 0) is 36.2 Å². The zero-order valence-electron chi connectivity index (χ0n) is 11.4. The van der Waals surface area contributed by atoms with E-state index in [0.29, 0.717) is 0 Å². The Bertz CT molecular complexity index is 689.